The minimum atomic E-state index is 0.808. The van der Waals surface area contributed by atoms with Crippen molar-refractivity contribution in [2.24, 2.45) is 5.16 Å². The molecule has 0 aliphatic heterocycles. The van der Waals surface area contributed by atoms with Crippen LogP contribution < -0.4 is 0 Å². The zero-order chi connectivity index (χ0) is 12.7. The van der Waals surface area contributed by atoms with Crippen molar-refractivity contribution < 1.29 is 5.21 Å². The lowest BCUT2D eigenvalue weighted by Crippen LogP contribution is -2.00. The smallest absolute Gasteiger partial charge is 0.0824 e. The van der Waals surface area contributed by atoms with E-state index < -0.39 is 0 Å². The van der Waals surface area contributed by atoms with Crippen molar-refractivity contribution in [3.63, 3.8) is 0 Å². The van der Waals surface area contributed by atoms with Gasteiger partial charge in [0, 0.05) is 0 Å². The molecule has 0 unspecified atom stereocenters. The molecule has 0 saturated heterocycles. The van der Waals surface area contributed by atoms with E-state index in [1.165, 1.54) is 11.1 Å². The van der Waals surface area contributed by atoms with Crippen LogP contribution in [0.25, 0.3) is 0 Å². The zero-order valence-electron chi connectivity index (χ0n) is 11.2. The third kappa shape index (κ3) is 5.03. The average molecular weight is 233 g/mol. The van der Waals surface area contributed by atoms with Gasteiger partial charge in [-0.05, 0) is 58.4 Å². The first-order valence-electron chi connectivity index (χ1n) is 6.33. The van der Waals surface area contributed by atoms with Crippen molar-refractivity contribution in [3.8, 4) is 0 Å². The van der Waals surface area contributed by atoms with Gasteiger partial charge in [-0.1, -0.05) is 34.5 Å². The van der Waals surface area contributed by atoms with E-state index in [0.29, 0.717) is 0 Å². The maximum absolute atomic E-state index is 9.01. The fraction of sp³-hybridized carbons (Fsp3) is 0.533. The normalized spacial score (nSPS) is 31.2. The van der Waals surface area contributed by atoms with E-state index in [-0.39, 0.29) is 0 Å². The minimum absolute atomic E-state index is 0.808. The van der Waals surface area contributed by atoms with Crippen molar-refractivity contribution >= 4 is 5.71 Å². The Morgan fingerprint density at radius 3 is 2.29 bits per heavy atom. The Kier molecular flexibility index (Phi) is 5.75. The Hall–Kier alpha value is -1.31. The van der Waals surface area contributed by atoms with Crippen LogP contribution in [0.15, 0.2) is 40.1 Å². The van der Waals surface area contributed by atoms with E-state index in [4.69, 9.17) is 5.21 Å². The van der Waals surface area contributed by atoms with E-state index in [2.05, 4.69) is 37.2 Å². The lowest BCUT2D eigenvalue weighted by Gasteiger charge is -2.07. The molecule has 1 aliphatic carbocycles. The number of oxime groups is 1. The summed E-state index contributed by atoms with van der Waals surface area (Å²) in [6.07, 6.45) is 11.7. The van der Waals surface area contributed by atoms with Crippen LogP contribution in [0.2, 0.25) is 0 Å². The molecule has 1 aliphatic rings. The van der Waals surface area contributed by atoms with Gasteiger partial charge < -0.3 is 5.21 Å². The second-order valence-corrected chi connectivity index (χ2v) is 4.82. The molecule has 0 fully saturated rings. The summed E-state index contributed by atoms with van der Waals surface area (Å²) >= 11 is 0. The maximum atomic E-state index is 9.01. The molecule has 0 spiro atoms. The molecule has 1 rings (SSSR count). The van der Waals surface area contributed by atoms with Gasteiger partial charge in [-0.2, -0.15) is 0 Å². The number of hydrogen-bond donors (Lipinski definition) is 1. The first-order valence-corrected chi connectivity index (χ1v) is 6.33. The lowest BCUT2D eigenvalue weighted by molar-refractivity contribution is 0.318. The van der Waals surface area contributed by atoms with E-state index in [0.717, 1.165) is 43.4 Å². The van der Waals surface area contributed by atoms with E-state index in [9.17, 15) is 0 Å². The second-order valence-electron chi connectivity index (χ2n) is 4.82. The maximum Gasteiger partial charge on any atom is 0.0824 e. The van der Waals surface area contributed by atoms with Gasteiger partial charge in [0.05, 0.1) is 5.71 Å². The van der Waals surface area contributed by atoms with Crippen LogP contribution in [0.5, 0.6) is 0 Å². The number of allylic oxidation sites excluding steroid dienone is 6. The highest BCUT2D eigenvalue weighted by Gasteiger charge is 2.03. The van der Waals surface area contributed by atoms with Gasteiger partial charge in [-0.15, -0.1) is 0 Å². The van der Waals surface area contributed by atoms with Crippen molar-refractivity contribution in [1.29, 1.82) is 0 Å². The zero-order valence-corrected chi connectivity index (χ0v) is 11.2. The summed E-state index contributed by atoms with van der Waals surface area (Å²) in [7, 11) is 0. The van der Waals surface area contributed by atoms with Gasteiger partial charge in [-0.25, -0.2) is 0 Å². The van der Waals surface area contributed by atoms with Crippen LogP contribution >= 0.6 is 0 Å². The van der Waals surface area contributed by atoms with Crippen molar-refractivity contribution in [1.82, 2.24) is 0 Å². The predicted molar refractivity (Wildman–Crippen MR) is 73.6 cm³/mol. The number of rotatable bonds is 0. The van der Waals surface area contributed by atoms with Gasteiger partial charge in [0.25, 0.3) is 0 Å². The van der Waals surface area contributed by atoms with E-state index >= 15 is 0 Å². The summed E-state index contributed by atoms with van der Waals surface area (Å²) < 4.78 is 0. The number of hydrogen-bond acceptors (Lipinski definition) is 2. The van der Waals surface area contributed by atoms with Crippen LogP contribution in [-0.4, -0.2) is 10.9 Å². The highest BCUT2D eigenvalue weighted by atomic mass is 16.4. The molecular weight excluding hydrogens is 210 g/mol. The van der Waals surface area contributed by atoms with Crippen LogP contribution in [-0.2, 0) is 0 Å². The molecule has 0 atom stereocenters. The summed E-state index contributed by atoms with van der Waals surface area (Å²) in [6, 6.07) is 0. The Labute approximate surface area is 104 Å². The summed E-state index contributed by atoms with van der Waals surface area (Å²) in [5.74, 6) is 0. The Bertz CT molecular complexity index is 372. The summed E-state index contributed by atoms with van der Waals surface area (Å²) in [5.41, 5.74) is 4.71. The molecule has 0 heterocycles. The summed E-state index contributed by atoms with van der Waals surface area (Å²) in [4.78, 5) is 0. The van der Waals surface area contributed by atoms with Crippen LogP contribution in [0.4, 0.5) is 0 Å². The molecule has 0 amide bonds. The van der Waals surface area contributed by atoms with E-state index in [1.807, 2.05) is 6.92 Å². The molecule has 0 radical (unpaired) electrons. The van der Waals surface area contributed by atoms with Gasteiger partial charge in [0.15, 0.2) is 0 Å². The van der Waals surface area contributed by atoms with E-state index in [1.54, 1.807) is 0 Å². The standard InChI is InChI=1S/C15H23NO/c1-12-6-4-7-13(2)10-11-14(3)15(16-17)9-5-8-12/h7-8,11,17H,4-6,9-10H2,1-3H3/b12-8-,13-7-,14-11+,16-15-. The second kappa shape index (κ2) is 7.10. The van der Waals surface area contributed by atoms with Gasteiger partial charge in [-0.3, -0.25) is 0 Å². The molecule has 0 aromatic carbocycles. The van der Waals surface area contributed by atoms with Crippen LogP contribution in [0.3, 0.4) is 0 Å². The molecule has 2 heteroatoms. The lowest BCUT2D eigenvalue weighted by atomic mass is 10.0. The molecule has 17 heavy (non-hydrogen) atoms. The minimum Gasteiger partial charge on any atom is -0.411 e. The van der Waals surface area contributed by atoms with Crippen molar-refractivity contribution in [3.05, 3.63) is 34.9 Å². The predicted octanol–water partition coefficient (Wildman–Crippen LogP) is 4.62. The average Bonchev–Trinajstić information content (AvgIpc) is 2.30. The van der Waals surface area contributed by atoms with Gasteiger partial charge in [0.2, 0.25) is 0 Å². The largest absolute Gasteiger partial charge is 0.411 e. The van der Waals surface area contributed by atoms with Crippen LogP contribution in [0.1, 0.15) is 52.9 Å². The highest BCUT2D eigenvalue weighted by Crippen LogP contribution is 2.15. The fourth-order valence-corrected chi connectivity index (χ4v) is 1.94. The molecular formula is C15H23NO. The fourth-order valence-electron chi connectivity index (χ4n) is 1.94. The first kappa shape index (κ1) is 13.8. The molecule has 0 saturated carbocycles. The SMILES string of the molecule is C/C1=C/CC/C(C)=C\CCC(=N/O)/C(C)=C/C1. The third-order valence-corrected chi connectivity index (χ3v) is 3.21. The van der Waals surface area contributed by atoms with Gasteiger partial charge >= 0.3 is 0 Å². The molecule has 0 aromatic heterocycles. The molecule has 94 valence electrons. The van der Waals surface area contributed by atoms with Gasteiger partial charge in [0.1, 0.15) is 0 Å². The molecule has 0 bridgehead atoms. The summed E-state index contributed by atoms with van der Waals surface area (Å²) in [6.45, 7) is 6.35. The molecule has 0 aromatic rings. The Morgan fingerprint density at radius 1 is 0.941 bits per heavy atom. The van der Waals surface area contributed by atoms with Crippen molar-refractivity contribution in [2.75, 3.05) is 0 Å². The monoisotopic (exact) mass is 233 g/mol. The third-order valence-electron chi connectivity index (χ3n) is 3.21. The number of nitrogens with zero attached hydrogens (tertiary/aromatic N) is 1. The summed E-state index contributed by atoms with van der Waals surface area (Å²) in [5, 5.41) is 12.4. The topological polar surface area (TPSA) is 32.6 Å². The Balaban J connectivity index is 2.86. The van der Waals surface area contributed by atoms with Crippen molar-refractivity contribution in [2.45, 2.75) is 52.9 Å². The molecule has 1 N–H and O–H groups in total. The highest BCUT2D eigenvalue weighted by molar-refractivity contribution is 5.99. The first-order chi connectivity index (χ1) is 8.13. The molecule has 2 nitrogen and oxygen atoms in total. The van der Waals surface area contributed by atoms with Crippen LogP contribution in [0, 0.1) is 0 Å². The Morgan fingerprint density at radius 2 is 1.59 bits per heavy atom. The quantitative estimate of drug-likeness (QED) is 0.369.